The van der Waals surface area contributed by atoms with Crippen LogP contribution in [0.4, 0.5) is 11.6 Å². The van der Waals surface area contributed by atoms with Crippen molar-refractivity contribution in [3.8, 4) is 0 Å². The van der Waals surface area contributed by atoms with Crippen molar-refractivity contribution in [1.82, 2.24) is 14.8 Å². The van der Waals surface area contributed by atoms with E-state index in [1.165, 1.54) is 23.9 Å². The Morgan fingerprint density at radius 2 is 1.91 bits per heavy atom. The zero-order chi connectivity index (χ0) is 24.0. The first-order chi connectivity index (χ1) is 16.2. The van der Waals surface area contributed by atoms with Crippen LogP contribution in [0.2, 0.25) is 0 Å². The van der Waals surface area contributed by atoms with Gasteiger partial charge in [0.05, 0.1) is 4.92 Å². The van der Waals surface area contributed by atoms with Crippen LogP contribution in [-0.2, 0) is 10.5 Å². The molecule has 0 spiro atoms. The molecular weight excluding hydrogens is 450 g/mol. The maximum atomic E-state index is 13.3. The minimum absolute atomic E-state index is 0.0684. The van der Waals surface area contributed by atoms with Gasteiger partial charge in [0, 0.05) is 35.6 Å². The largest absolute Gasteiger partial charge is 0.328 e. The molecule has 3 aromatic rings. The number of nitrogens with one attached hydrogen (secondary N) is 1. The molecule has 0 saturated heterocycles. The Labute approximate surface area is 201 Å². The highest BCUT2D eigenvalue weighted by atomic mass is 32.2. The van der Waals surface area contributed by atoms with E-state index < -0.39 is 4.92 Å². The van der Waals surface area contributed by atoms with Crippen molar-refractivity contribution in [2.24, 2.45) is 5.41 Å². The normalized spacial score (nSPS) is 18.8. The number of ketones is 1. The number of aromatic nitrogens is 3. The van der Waals surface area contributed by atoms with E-state index in [1.54, 1.807) is 12.1 Å². The fraction of sp³-hybridized carbons (Fsp3) is 0.320. The van der Waals surface area contributed by atoms with E-state index >= 15 is 0 Å². The van der Waals surface area contributed by atoms with E-state index in [4.69, 9.17) is 10.1 Å². The minimum Gasteiger partial charge on any atom is -0.328 e. The maximum absolute atomic E-state index is 13.3. The van der Waals surface area contributed by atoms with Crippen molar-refractivity contribution in [2.75, 3.05) is 5.32 Å². The Morgan fingerprint density at radius 1 is 1.18 bits per heavy atom. The third-order valence-electron chi connectivity index (χ3n) is 6.31. The van der Waals surface area contributed by atoms with Gasteiger partial charge < -0.3 is 5.32 Å². The number of hydrogen-bond donors (Lipinski definition) is 1. The van der Waals surface area contributed by atoms with Crippen LogP contribution in [0.5, 0.6) is 0 Å². The number of allylic oxidation sites excluding steroid dienone is 2. The van der Waals surface area contributed by atoms with Crippen LogP contribution in [0.3, 0.4) is 0 Å². The summed E-state index contributed by atoms with van der Waals surface area (Å²) in [6, 6.07) is 14.3. The average Bonchev–Trinajstić information content (AvgIpc) is 3.19. The number of anilines is 1. The standard InChI is InChI=1S/C25H25N5O3S/c1-15-6-4-5-7-18(15)22-21-19(12-25(2,3)13-20(21)31)26-23-27-24(28-29(22)23)34-14-16-8-10-17(11-9-16)30(32)33/h4-11,22H,12-14H2,1-3H3,(H,26,27,28)/t22-/m0/s1. The van der Waals surface area contributed by atoms with Crippen LogP contribution in [0.15, 0.2) is 65.0 Å². The van der Waals surface area contributed by atoms with Gasteiger partial charge in [0.25, 0.3) is 5.69 Å². The molecule has 0 amide bonds. The fourth-order valence-electron chi connectivity index (χ4n) is 4.69. The maximum Gasteiger partial charge on any atom is 0.269 e. The summed E-state index contributed by atoms with van der Waals surface area (Å²) in [6.45, 7) is 6.28. The van der Waals surface area contributed by atoms with Gasteiger partial charge >= 0.3 is 0 Å². The van der Waals surface area contributed by atoms with Crippen molar-refractivity contribution in [1.29, 1.82) is 0 Å². The molecule has 1 aromatic heterocycles. The number of fused-ring (bicyclic) bond motifs is 1. The number of aryl methyl sites for hydroxylation is 1. The third kappa shape index (κ3) is 4.11. The Balaban J connectivity index is 1.49. The molecule has 0 unspecified atom stereocenters. The van der Waals surface area contributed by atoms with E-state index in [-0.39, 0.29) is 22.9 Å². The van der Waals surface area contributed by atoms with Crippen LogP contribution >= 0.6 is 11.8 Å². The Bertz CT molecular complexity index is 1330. The highest BCUT2D eigenvalue weighted by Gasteiger charge is 2.42. The summed E-state index contributed by atoms with van der Waals surface area (Å²) in [7, 11) is 0. The number of nitro benzene ring substituents is 1. The molecule has 2 heterocycles. The molecule has 0 radical (unpaired) electrons. The number of non-ortho nitro benzene ring substituents is 1. The predicted octanol–water partition coefficient (Wildman–Crippen LogP) is 5.45. The Hall–Kier alpha value is -3.46. The lowest BCUT2D eigenvalue weighted by molar-refractivity contribution is -0.384. The SMILES string of the molecule is Cc1ccccc1[C@H]1C2=C(CC(C)(C)CC2=O)Nc2nc(SCc3ccc([N+](=O)[O-])cc3)nn21. The molecule has 1 atom stereocenters. The minimum atomic E-state index is -0.406. The number of nitro groups is 1. The van der Waals surface area contributed by atoms with Crippen molar-refractivity contribution < 1.29 is 9.72 Å². The second-order valence-corrected chi connectivity index (χ2v) is 10.5. The molecule has 1 N–H and O–H groups in total. The lowest BCUT2D eigenvalue weighted by Gasteiger charge is -2.38. The molecule has 34 heavy (non-hydrogen) atoms. The summed E-state index contributed by atoms with van der Waals surface area (Å²) >= 11 is 1.46. The smallest absolute Gasteiger partial charge is 0.269 e. The molecular formula is C25H25N5O3S. The quantitative estimate of drug-likeness (QED) is 0.297. The summed E-state index contributed by atoms with van der Waals surface area (Å²) in [4.78, 5) is 28.5. The lowest BCUT2D eigenvalue weighted by atomic mass is 9.73. The first-order valence-corrected chi connectivity index (χ1v) is 12.1. The Kier molecular flexibility index (Phi) is 5.51. The van der Waals surface area contributed by atoms with Gasteiger partial charge in [0.1, 0.15) is 6.04 Å². The molecule has 174 valence electrons. The summed E-state index contributed by atoms with van der Waals surface area (Å²) in [5.74, 6) is 1.35. The number of thioether (sulfide) groups is 1. The molecule has 2 aliphatic rings. The molecule has 2 aromatic carbocycles. The van der Waals surface area contributed by atoms with Crippen LogP contribution in [0.1, 0.15) is 49.4 Å². The number of benzene rings is 2. The third-order valence-corrected chi connectivity index (χ3v) is 7.22. The number of carbonyl (C=O) groups is 1. The molecule has 0 fully saturated rings. The molecule has 8 nitrogen and oxygen atoms in total. The predicted molar refractivity (Wildman–Crippen MR) is 131 cm³/mol. The fourth-order valence-corrected chi connectivity index (χ4v) is 5.48. The molecule has 1 aliphatic carbocycles. The van der Waals surface area contributed by atoms with Crippen LogP contribution in [0.25, 0.3) is 0 Å². The van der Waals surface area contributed by atoms with E-state index in [9.17, 15) is 14.9 Å². The van der Waals surface area contributed by atoms with Crippen molar-refractivity contribution in [2.45, 2.75) is 50.6 Å². The highest BCUT2D eigenvalue weighted by molar-refractivity contribution is 7.98. The average molecular weight is 476 g/mol. The number of hydrogen-bond acceptors (Lipinski definition) is 7. The van der Waals surface area contributed by atoms with Gasteiger partial charge in [-0.05, 0) is 35.4 Å². The van der Waals surface area contributed by atoms with Gasteiger partial charge in [-0.1, -0.05) is 62.0 Å². The molecule has 1 aliphatic heterocycles. The molecule has 5 rings (SSSR count). The second-order valence-electron chi connectivity index (χ2n) is 9.59. The van der Waals surface area contributed by atoms with E-state index in [0.717, 1.165) is 34.4 Å². The van der Waals surface area contributed by atoms with Crippen molar-refractivity contribution >= 4 is 29.2 Å². The van der Waals surface area contributed by atoms with Gasteiger partial charge in [-0.25, -0.2) is 4.68 Å². The molecule has 9 heteroatoms. The summed E-state index contributed by atoms with van der Waals surface area (Å²) in [5, 5.41) is 19.7. The van der Waals surface area contributed by atoms with Gasteiger partial charge in [0.15, 0.2) is 5.78 Å². The lowest BCUT2D eigenvalue weighted by Crippen LogP contribution is -2.36. The van der Waals surface area contributed by atoms with Gasteiger partial charge in [0.2, 0.25) is 11.1 Å². The topological polar surface area (TPSA) is 103 Å². The zero-order valence-corrected chi connectivity index (χ0v) is 20.1. The van der Waals surface area contributed by atoms with E-state index in [2.05, 4.69) is 38.2 Å². The first kappa shape index (κ1) is 22.3. The number of Topliss-reactive ketones (excluding diaryl/α,β-unsaturated/α-hetero) is 1. The summed E-state index contributed by atoms with van der Waals surface area (Å²) in [6.07, 6.45) is 1.27. The van der Waals surface area contributed by atoms with Crippen LogP contribution in [0, 0.1) is 22.5 Å². The van der Waals surface area contributed by atoms with Crippen molar-refractivity contribution in [3.63, 3.8) is 0 Å². The van der Waals surface area contributed by atoms with Gasteiger partial charge in [-0.15, -0.1) is 5.10 Å². The monoisotopic (exact) mass is 475 g/mol. The number of carbonyl (C=O) groups excluding carboxylic acids is 1. The van der Waals surface area contributed by atoms with Crippen LogP contribution in [-0.4, -0.2) is 25.5 Å². The van der Waals surface area contributed by atoms with Crippen molar-refractivity contribution in [3.05, 3.63) is 86.6 Å². The van der Waals surface area contributed by atoms with E-state index in [1.807, 2.05) is 16.8 Å². The summed E-state index contributed by atoms with van der Waals surface area (Å²) < 4.78 is 1.83. The second kappa shape index (κ2) is 8.39. The molecule has 0 bridgehead atoms. The summed E-state index contributed by atoms with van der Waals surface area (Å²) in [5.41, 5.74) is 4.75. The van der Waals surface area contributed by atoms with Gasteiger partial charge in [-0.2, -0.15) is 4.98 Å². The number of rotatable bonds is 5. The van der Waals surface area contributed by atoms with Crippen LogP contribution < -0.4 is 5.32 Å². The van der Waals surface area contributed by atoms with Gasteiger partial charge in [-0.3, -0.25) is 14.9 Å². The molecule has 0 saturated carbocycles. The first-order valence-electron chi connectivity index (χ1n) is 11.1. The zero-order valence-electron chi connectivity index (χ0n) is 19.2. The highest BCUT2D eigenvalue weighted by Crippen LogP contribution is 2.46. The number of nitrogens with zero attached hydrogens (tertiary/aromatic N) is 4. The van der Waals surface area contributed by atoms with E-state index in [0.29, 0.717) is 23.3 Å². The Morgan fingerprint density at radius 3 is 2.62 bits per heavy atom.